The summed E-state index contributed by atoms with van der Waals surface area (Å²) in [4.78, 5) is 18.6. The molecule has 6 nitrogen and oxygen atoms in total. The molecule has 0 aromatic carbocycles. The van der Waals surface area contributed by atoms with Crippen LogP contribution >= 0.6 is 0 Å². The number of hydrogen-bond acceptors (Lipinski definition) is 5. The van der Waals surface area contributed by atoms with Crippen LogP contribution in [0.4, 0.5) is 0 Å². The lowest BCUT2D eigenvalue weighted by Crippen LogP contribution is -2.29. The molecule has 1 aromatic heterocycles. The van der Waals surface area contributed by atoms with Gasteiger partial charge in [-0.05, 0) is 6.42 Å². The van der Waals surface area contributed by atoms with E-state index in [0.29, 0.717) is 18.8 Å². The summed E-state index contributed by atoms with van der Waals surface area (Å²) < 4.78 is 5.21. The molecule has 1 aliphatic rings. The minimum absolute atomic E-state index is 0.147. The van der Waals surface area contributed by atoms with Gasteiger partial charge in [-0.15, -0.1) is 0 Å². The second kappa shape index (κ2) is 5.00. The molecule has 1 aliphatic heterocycles. The summed E-state index contributed by atoms with van der Waals surface area (Å²) in [6, 6.07) is 0.289. The Morgan fingerprint density at radius 2 is 2.56 bits per heavy atom. The van der Waals surface area contributed by atoms with Gasteiger partial charge in [-0.1, -0.05) is 0 Å². The third-order valence-corrected chi connectivity index (χ3v) is 2.51. The molecule has 2 rings (SSSR count). The average molecular weight is 223 g/mol. The van der Waals surface area contributed by atoms with Gasteiger partial charge in [-0.25, -0.2) is 14.8 Å². The number of nitrogens with one attached hydrogen (secondary N) is 1. The van der Waals surface area contributed by atoms with Gasteiger partial charge in [0.1, 0.15) is 11.9 Å². The lowest BCUT2D eigenvalue weighted by molar-refractivity contribution is 0.0694. The fraction of sp³-hybridized carbons (Fsp3) is 0.500. The standard InChI is InChI=1S/C10H13N3O3/c14-10(15)8-3-11-6-13-9(8)4-12-7-1-2-16-5-7/h3,6-7,12H,1-2,4-5H2,(H,14,15). The van der Waals surface area contributed by atoms with Gasteiger partial charge in [0.25, 0.3) is 0 Å². The molecule has 2 heterocycles. The predicted molar refractivity (Wildman–Crippen MR) is 55.1 cm³/mol. The fourth-order valence-electron chi connectivity index (χ4n) is 1.61. The van der Waals surface area contributed by atoms with Crippen molar-refractivity contribution in [1.82, 2.24) is 15.3 Å². The van der Waals surface area contributed by atoms with E-state index in [2.05, 4.69) is 15.3 Å². The molecule has 16 heavy (non-hydrogen) atoms. The monoisotopic (exact) mass is 223 g/mol. The van der Waals surface area contributed by atoms with Crippen LogP contribution in [0.3, 0.4) is 0 Å². The molecule has 0 amide bonds. The maximum atomic E-state index is 10.9. The lowest BCUT2D eigenvalue weighted by atomic mass is 10.2. The van der Waals surface area contributed by atoms with Crippen LogP contribution in [0.15, 0.2) is 12.5 Å². The number of hydrogen-bond donors (Lipinski definition) is 2. The Morgan fingerprint density at radius 1 is 1.69 bits per heavy atom. The summed E-state index contributed by atoms with van der Waals surface area (Å²) in [5.41, 5.74) is 0.656. The Labute approximate surface area is 92.7 Å². The molecular formula is C10H13N3O3. The molecule has 1 saturated heterocycles. The van der Waals surface area contributed by atoms with E-state index in [1.807, 2.05) is 0 Å². The Morgan fingerprint density at radius 3 is 3.25 bits per heavy atom. The normalized spacial score (nSPS) is 19.9. The van der Waals surface area contributed by atoms with Gasteiger partial charge in [0, 0.05) is 25.4 Å². The topological polar surface area (TPSA) is 84.3 Å². The lowest BCUT2D eigenvalue weighted by Gasteiger charge is -2.10. The molecule has 1 unspecified atom stereocenters. The minimum atomic E-state index is -1.000. The number of aromatic nitrogens is 2. The first-order chi connectivity index (χ1) is 7.77. The van der Waals surface area contributed by atoms with Crippen LogP contribution in [0.5, 0.6) is 0 Å². The van der Waals surface area contributed by atoms with E-state index >= 15 is 0 Å². The highest BCUT2D eigenvalue weighted by Crippen LogP contribution is 2.07. The van der Waals surface area contributed by atoms with E-state index in [4.69, 9.17) is 9.84 Å². The van der Waals surface area contributed by atoms with Crippen molar-refractivity contribution in [2.24, 2.45) is 0 Å². The first kappa shape index (κ1) is 11.0. The van der Waals surface area contributed by atoms with Gasteiger partial charge >= 0.3 is 5.97 Å². The number of rotatable bonds is 4. The van der Waals surface area contributed by atoms with E-state index in [0.717, 1.165) is 13.0 Å². The molecule has 0 saturated carbocycles. The van der Waals surface area contributed by atoms with Gasteiger partial charge in [0.2, 0.25) is 0 Å². The summed E-state index contributed by atoms with van der Waals surface area (Å²) in [6.07, 6.45) is 3.62. The fourth-order valence-corrected chi connectivity index (χ4v) is 1.61. The quantitative estimate of drug-likeness (QED) is 0.750. The van der Waals surface area contributed by atoms with Crippen LogP contribution in [-0.2, 0) is 11.3 Å². The third kappa shape index (κ3) is 2.53. The van der Waals surface area contributed by atoms with Gasteiger partial charge in [-0.3, -0.25) is 0 Å². The van der Waals surface area contributed by atoms with Crippen molar-refractivity contribution in [3.05, 3.63) is 23.8 Å². The maximum Gasteiger partial charge on any atom is 0.339 e. The van der Waals surface area contributed by atoms with Crippen LogP contribution in [0.25, 0.3) is 0 Å². The molecular weight excluding hydrogens is 210 g/mol. The highest BCUT2D eigenvalue weighted by Gasteiger charge is 2.17. The molecule has 6 heteroatoms. The molecule has 0 spiro atoms. The first-order valence-electron chi connectivity index (χ1n) is 5.10. The number of carboxylic acid groups (broad SMARTS) is 1. The highest BCUT2D eigenvalue weighted by atomic mass is 16.5. The number of carboxylic acids is 1. The van der Waals surface area contributed by atoms with E-state index in [9.17, 15) is 4.79 Å². The summed E-state index contributed by atoms with van der Waals surface area (Å²) in [5, 5.41) is 12.1. The second-order valence-electron chi connectivity index (χ2n) is 3.63. The van der Waals surface area contributed by atoms with Crippen molar-refractivity contribution >= 4 is 5.97 Å². The summed E-state index contributed by atoms with van der Waals surface area (Å²) in [7, 11) is 0. The van der Waals surface area contributed by atoms with Gasteiger partial charge in [0.15, 0.2) is 0 Å². The smallest absolute Gasteiger partial charge is 0.339 e. The maximum absolute atomic E-state index is 10.9. The second-order valence-corrected chi connectivity index (χ2v) is 3.63. The van der Waals surface area contributed by atoms with E-state index < -0.39 is 5.97 Å². The molecule has 0 aliphatic carbocycles. The zero-order valence-corrected chi connectivity index (χ0v) is 8.72. The minimum Gasteiger partial charge on any atom is -0.478 e. The SMILES string of the molecule is O=C(O)c1cncnc1CNC1CCOC1. The van der Waals surface area contributed by atoms with Crippen LogP contribution in [0, 0.1) is 0 Å². The van der Waals surface area contributed by atoms with Crippen molar-refractivity contribution in [1.29, 1.82) is 0 Å². The highest BCUT2D eigenvalue weighted by molar-refractivity contribution is 5.88. The molecule has 2 N–H and O–H groups in total. The van der Waals surface area contributed by atoms with Crippen molar-refractivity contribution in [2.75, 3.05) is 13.2 Å². The molecule has 1 aromatic rings. The average Bonchev–Trinajstić information content (AvgIpc) is 2.79. The summed E-state index contributed by atoms with van der Waals surface area (Å²) in [6.45, 7) is 1.86. The van der Waals surface area contributed by atoms with Crippen LogP contribution in [0.1, 0.15) is 22.5 Å². The Hall–Kier alpha value is -1.53. The van der Waals surface area contributed by atoms with Gasteiger partial charge < -0.3 is 15.2 Å². The number of aromatic carboxylic acids is 1. The Balaban J connectivity index is 2.00. The van der Waals surface area contributed by atoms with Crippen LogP contribution in [0.2, 0.25) is 0 Å². The van der Waals surface area contributed by atoms with E-state index in [-0.39, 0.29) is 11.6 Å². The van der Waals surface area contributed by atoms with Crippen molar-refractivity contribution in [3.63, 3.8) is 0 Å². The van der Waals surface area contributed by atoms with Gasteiger partial charge in [0.05, 0.1) is 12.3 Å². The van der Waals surface area contributed by atoms with Crippen LogP contribution < -0.4 is 5.32 Å². The van der Waals surface area contributed by atoms with E-state index in [1.165, 1.54) is 12.5 Å². The number of carbonyl (C=O) groups is 1. The Kier molecular flexibility index (Phi) is 3.43. The van der Waals surface area contributed by atoms with Crippen molar-refractivity contribution in [3.8, 4) is 0 Å². The summed E-state index contributed by atoms with van der Waals surface area (Å²) >= 11 is 0. The Bertz CT molecular complexity index is 377. The van der Waals surface area contributed by atoms with Crippen LogP contribution in [-0.4, -0.2) is 40.3 Å². The number of ether oxygens (including phenoxy) is 1. The summed E-state index contributed by atoms with van der Waals surface area (Å²) in [5.74, 6) is -1.000. The van der Waals surface area contributed by atoms with Crippen molar-refractivity contribution in [2.45, 2.75) is 19.0 Å². The molecule has 0 radical (unpaired) electrons. The van der Waals surface area contributed by atoms with Gasteiger partial charge in [-0.2, -0.15) is 0 Å². The van der Waals surface area contributed by atoms with Crippen molar-refractivity contribution < 1.29 is 14.6 Å². The molecule has 1 fully saturated rings. The third-order valence-electron chi connectivity index (χ3n) is 2.51. The molecule has 1 atom stereocenters. The largest absolute Gasteiger partial charge is 0.478 e. The predicted octanol–water partition coefficient (Wildman–Crippen LogP) is 0.0533. The molecule has 0 bridgehead atoms. The van der Waals surface area contributed by atoms with E-state index in [1.54, 1.807) is 0 Å². The zero-order valence-electron chi connectivity index (χ0n) is 8.72. The molecule has 86 valence electrons. The first-order valence-corrected chi connectivity index (χ1v) is 5.10. The zero-order chi connectivity index (χ0) is 11.4. The number of nitrogens with zero attached hydrogens (tertiary/aromatic N) is 2.